The van der Waals surface area contributed by atoms with Crippen molar-refractivity contribution in [2.24, 2.45) is 5.92 Å². The molecule has 1 aliphatic carbocycles. The van der Waals surface area contributed by atoms with Crippen molar-refractivity contribution in [1.29, 1.82) is 0 Å². The van der Waals surface area contributed by atoms with Gasteiger partial charge in [-0.1, -0.05) is 38.7 Å². The van der Waals surface area contributed by atoms with Crippen molar-refractivity contribution in [3.63, 3.8) is 0 Å². The molecule has 176 valence electrons. The molecule has 0 aromatic heterocycles. The lowest BCUT2D eigenvalue weighted by molar-refractivity contribution is 0.0464. The summed E-state index contributed by atoms with van der Waals surface area (Å²) in [6, 6.07) is 6.08. The van der Waals surface area contributed by atoms with E-state index >= 15 is 0 Å². The number of piperazine rings is 1. The second-order valence-electron chi connectivity index (χ2n) is 9.15. The van der Waals surface area contributed by atoms with E-state index in [1.54, 1.807) is 7.11 Å². The van der Waals surface area contributed by atoms with Crippen LogP contribution in [0.3, 0.4) is 0 Å². The summed E-state index contributed by atoms with van der Waals surface area (Å²) in [5.74, 6) is 2.39. The Labute approximate surface area is 188 Å². The number of ether oxygens (including phenoxy) is 2. The van der Waals surface area contributed by atoms with Gasteiger partial charge in [0.1, 0.15) is 12.7 Å². The van der Waals surface area contributed by atoms with Crippen molar-refractivity contribution in [3.8, 4) is 11.5 Å². The van der Waals surface area contributed by atoms with Crippen LogP contribution in [0.15, 0.2) is 18.2 Å². The van der Waals surface area contributed by atoms with E-state index in [0.29, 0.717) is 12.3 Å². The van der Waals surface area contributed by atoms with Crippen LogP contribution >= 0.6 is 0 Å². The number of hydrogen-bond donors (Lipinski definition) is 2. The first kappa shape index (κ1) is 24.3. The number of aliphatic hydroxyl groups excluding tert-OH is 1. The van der Waals surface area contributed by atoms with Gasteiger partial charge in [0.15, 0.2) is 11.5 Å². The minimum Gasteiger partial charge on any atom is -0.493 e. The summed E-state index contributed by atoms with van der Waals surface area (Å²) in [6.07, 6.45) is 7.84. The van der Waals surface area contributed by atoms with Gasteiger partial charge in [0, 0.05) is 39.3 Å². The Kier molecular flexibility index (Phi) is 10.4. The molecule has 1 saturated carbocycles. The van der Waals surface area contributed by atoms with E-state index < -0.39 is 6.10 Å². The molecule has 1 aliphatic heterocycles. The highest BCUT2D eigenvalue weighted by Gasteiger charge is 2.19. The molecule has 0 spiro atoms. The fourth-order valence-electron chi connectivity index (χ4n) is 4.81. The molecule has 6 heteroatoms. The van der Waals surface area contributed by atoms with Crippen molar-refractivity contribution in [3.05, 3.63) is 23.8 Å². The molecule has 0 radical (unpaired) electrons. The van der Waals surface area contributed by atoms with Gasteiger partial charge in [0.2, 0.25) is 0 Å². The smallest absolute Gasteiger partial charge is 0.161 e. The number of β-amino-alcohol motifs (C(OH)–C–C–N with tert-alkyl or cyclic N) is 1. The highest BCUT2D eigenvalue weighted by Crippen LogP contribution is 2.29. The van der Waals surface area contributed by atoms with Crippen LogP contribution in [-0.4, -0.2) is 80.5 Å². The number of hydrogen-bond acceptors (Lipinski definition) is 6. The number of aliphatic hydroxyl groups is 1. The average molecular weight is 434 g/mol. The van der Waals surface area contributed by atoms with Gasteiger partial charge in [-0.3, -0.25) is 4.90 Å². The van der Waals surface area contributed by atoms with E-state index in [4.69, 9.17) is 9.47 Å². The SMILES string of the molecule is CCN1CCN(C[C@H](O)COc2ccc(CNCCCC3CCCC3)cc2OC)CC1. The monoisotopic (exact) mass is 433 g/mol. The van der Waals surface area contributed by atoms with Crippen LogP contribution in [0.25, 0.3) is 0 Å². The molecule has 2 aliphatic rings. The Morgan fingerprint density at radius 2 is 1.84 bits per heavy atom. The highest BCUT2D eigenvalue weighted by molar-refractivity contribution is 5.43. The molecule has 1 aromatic rings. The number of likely N-dealkylation sites (N-methyl/N-ethyl adjacent to an activating group) is 1. The lowest BCUT2D eigenvalue weighted by Gasteiger charge is -2.34. The molecule has 1 aromatic carbocycles. The van der Waals surface area contributed by atoms with Gasteiger partial charge in [0.25, 0.3) is 0 Å². The molecule has 0 unspecified atom stereocenters. The van der Waals surface area contributed by atoms with Crippen LogP contribution in [-0.2, 0) is 6.54 Å². The molecule has 6 nitrogen and oxygen atoms in total. The van der Waals surface area contributed by atoms with Crippen molar-refractivity contribution < 1.29 is 14.6 Å². The molecule has 1 atom stereocenters. The quantitative estimate of drug-likeness (QED) is 0.466. The normalized spacial score (nSPS) is 19.6. The second-order valence-corrected chi connectivity index (χ2v) is 9.15. The first-order valence-electron chi connectivity index (χ1n) is 12.3. The van der Waals surface area contributed by atoms with Crippen LogP contribution in [0.2, 0.25) is 0 Å². The summed E-state index contributed by atoms with van der Waals surface area (Å²) in [7, 11) is 1.67. The number of nitrogens with zero attached hydrogens (tertiary/aromatic N) is 2. The third-order valence-corrected chi connectivity index (χ3v) is 6.81. The van der Waals surface area contributed by atoms with Gasteiger partial charge >= 0.3 is 0 Å². The number of methoxy groups -OCH3 is 1. The van der Waals surface area contributed by atoms with Crippen molar-refractivity contribution in [2.75, 3.05) is 59.5 Å². The highest BCUT2D eigenvalue weighted by atomic mass is 16.5. The molecule has 0 amide bonds. The summed E-state index contributed by atoms with van der Waals surface area (Å²) in [5, 5.41) is 14.0. The summed E-state index contributed by atoms with van der Waals surface area (Å²) < 4.78 is 11.4. The van der Waals surface area contributed by atoms with Crippen LogP contribution < -0.4 is 14.8 Å². The predicted molar refractivity (Wildman–Crippen MR) is 126 cm³/mol. The number of benzene rings is 1. The third kappa shape index (κ3) is 8.26. The molecule has 1 heterocycles. The van der Waals surface area contributed by atoms with Crippen molar-refractivity contribution >= 4 is 0 Å². The molecule has 0 bridgehead atoms. The van der Waals surface area contributed by atoms with Gasteiger partial charge in [0.05, 0.1) is 7.11 Å². The van der Waals surface area contributed by atoms with E-state index in [1.807, 2.05) is 12.1 Å². The summed E-state index contributed by atoms with van der Waals surface area (Å²) in [5.41, 5.74) is 1.19. The molecule has 1 saturated heterocycles. The van der Waals surface area contributed by atoms with Gasteiger partial charge in [-0.15, -0.1) is 0 Å². The molecule has 2 N–H and O–H groups in total. The Hall–Kier alpha value is -1.34. The predicted octanol–water partition coefficient (Wildman–Crippen LogP) is 3.13. The van der Waals surface area contributed by atoms with Crippen LogP contribution in [0.4, 0.5) is 0 Å². The Balaban J connectivity index is 1.35. The summed E-state index contributed by atoms with van der Waals surface area (Å²) in [6.45, 7) is 10.3. The van der Waals surface area contributed by atoms with Gasteiger partial charge < -0.3 is 24.8 Å². The van der Waals surface area contributed by atoms with E-state index in [2.05, 4.69) is 28.1 Å². The first-order chi connectivity index (χ1) is 15.2. The maximum atomic E-state index is 10.4. The van der Waals surface area contributed by atoms with E-state index in [9.17, 15) is 5.11 Å². The summed E-state index contributed by atoms with van der Waals surface area (Å²) >= 11 is 0. The van der Waals surface area contributed by atoms with Crippen LogP contribution in [0.5, 0.6) is 11.5 Å². The van der Waals surface area contributed by atoms with E-state index in [1.165, 1.54) is 44.1 Å². The molecular weight excluding hydrogens is 390 g/mol. The zero-order valence-corrected chi connectivity index (χ0v) is 19.7. The Morgan fingerprint density at radius 3 is 2.55 bits per heavy atom. The van der Waals surface area contributed by atoms with Crippen molar-refractivity contribution in [1.82, 2.24) is 15.1 Å². The first-order valence-corrected chi connectivity index (χ1v) is 12.3. The van der Waals surface area contributed by atoms with E-state index in [0.717, 1.165) is 57.5 Å². The molecular formula is C25H43N3O3. The average Bonchev–Trinajstić information content (AvgIpc) is 3.32. The maximum Gasteiger partial charge on any atom is 0.161 e. The lowest BCUT2D eigenvalue weighted by atomic mass is 10.0. The topological polar surface area (TPSA) is 57.2 Å². The fraction of sp³-hybridized carbons (Fsp3) is 0.760. The zero-order chi connectivity index (χ0) is 21.9. The van der Waals surface area contributed by atoms with Crippen LogP contribution in [0, 0.1) is 5.92 Å². The largest absolute Gasteiger partial charge is 0.493 e. The second kappa shape index (κ2) is 13.3. The van der Waals surface area contributed by atoms with Gasteiger partial charge in [-0.05, 0) is 49.5 Å². The minimum atomic E-state index is -0.501. The minimum absolute atomic E-state index is 0.281. The molecule has 31 heavy (non-hydrogen) atoms. The Bertz CT molecular complexity index is 628. The third-order valence-electron chi connectivity index (χ3n) is 6.81. The lowest BCUT2D eigenvalue weighted by Crippen LogP contribution is -2.49. The standard InChI is InChI=1S/C25H43N3O3/c1-3-27-13-15-28(16-14-27)19-23(29)20-31-24-11-10-22(17-25(24)30-2)18-26-12-6-9-21-7-4-5-8-21/h10-11,17,21,23,26,29H,3-9,12-16,18-20H2,1-2H3/t23-/m0/s1. The maximum absolute atomic E-state index is 10.4. The number of nitrogens with one attached hydrogen (secondary N) is 1. The molecule has 2 fully saturated rings. The van der Waals surface area contributed by atoms with Gasteiger partial charge in [-0.2, -0.15) is 0 Å². The van der Waals surface area contributed by atoms with Gasteiger partial charge in [-0.25, -0.2) is 0 Å². The zero-order valence-electron chi connectivity index (χ0n) is 19.7. The molecule has 3 rings (SSSR count). The summed E-state index contributed by atoms with van der Waals surface area (Å²) in [4.78, 5) is 4.76. The number of rotatable bonds is 13. The van der Waals surface area contributed by atoms with E-state index in [-0.39, 0.29) is 6.61 Å². The Morgan fingerprint density at radius 1 is 1.10 bits per heavy atom. The van der Waals surface area contributed by atoms with Crippen molar-refractivity contribution in [2.45, 2.75) is 58.1 Å². The fourth-order valence-corrected chi connectivity index (χ4v) is 4.81. The van der Waals surface area contributed by atoms with Crippen LogP contribution in [0.1, 0.15) is 51.0 Å².